The molecule has 5 nitrogen and oxygen atoms in total. The standard InChI is InChI=1S/C16H26N4O/c1-3-20(4-2)11-5-10-18-13-16(21)19-15-8-6-14(12-17)7-9-15/h6,8-9,14,18H,3-5,7,10-11,13H2,1-2H3,(H,19,21). The summed E-state index contributed by atoms with van der Waals surface area (Å²) in [6.07, 6.45) is 7.23. The zero-order valence-electron chi connectivity index (χ0n) is 13.1. The molecule has 0 saturated heterocycles. The Bertz CT molecular complexity index is 418. The van der Waals surface area contributed by atoms with Gasteiger partial charge < -0.3 is 15.5 Å². The normalized spacial score (nSPS) is 17.4. The number of allylic oxidation sites excluding steroid dienone is 3. The van der Waals surface area contributed by atoms with Gasteiger partial charge in [0.15, 0.2) is 0 Å². The molecule has 5 heteroatoms. The van der Waals surface area contributed by atoms with Crippen molar-refractivity contribution >= 4 is 5.91 Å². The molecule has 0 fully saturated rings. The van der Waals surface area contributed by atoms with Gasteiger partial charge in [-0.15, -0.1) is 0 Å². The monoisotopic (exact) mass is 290 g/mol. The predicted octanol–water partition coefficient (Wildman–Crippen LogP) is 1.41. The topological polar surface area (TPSA) is 68.2 Å². The molecule has 0 aromatic rings. The summed E-state index contributed by atoms with van der Waals surface area (Å²) in [5.74, 6) is -0.104. The van der Waals surface area contributed by atoms with Gasteiger partial charge in [-0.05, 0) is 45.1 Å². The summed E-state index contributed by atoms with van der Waals surface area (Å²) in [4.78, 5) is 14.1. The van der Waals surface area contributed by atoms with Gasteiger partial charge in [0, 0.05) is 5.70 Å². The van der Waals surface area contributed by atoms with Crippen molar-refractivity contribution in [2.24, 2.45) is 5.92 Å². The zero-order chi connectivity index (χ0) is 15.5. The van der Waals surface area contributed by atoms with Gasteiger partial charge in [0.1, 0.15) is 0 Å². The summed E-state index contributed by atoms with van der Waals surface area (Å²) in [5, 5.41) is 14.8. The molecule has 21 heavy (non-hydrogen) atoms. The van der Waals surface area contributed by atoms with Crippen LogP contribution in [0.1, 0.15) is 26.7 Å². The molecule has 1 aliphatic rings. The Balaban J connectivity index is 2.11. The molecule has 0 saturated carbocycles. The first-order chi connectivity index (χ1) is 10.2. The molecule has 0 aromatic carbocycles. The molecule has 0 radical (unpaired) electrons. The van der Waals surface area contributed by atoms with Crippen molar-refractivity contribution < 1.29 is 4.79 Å². The van der Waals surface area contributed by atoms with Gasteiger partial charge in [-0.1, -0.05) is 26.0 Å². The summed E-state index contributed by atoms with van der Waals surface area (Å²) in [7, 11) is 0. The maximum Gasteiger partial charge on any atom is 0.238 e. The van der Waals surface area contributed by atoms with E-state index in [-0.39, 0.29) is 11.8 Å². The lowest BCUT2D eigenvalue weighted by molar-refractivity contribution is -0.119. The Morgan fingerprint density at radius 1 is 1.48 bits per heavy atom. The van der Waals surface area contributed by atoms with Crippen molar-refractivity contribution in [2.75, 3.05) is 32.7 Å². The van der Waals surface area contributed by atoms with Crippen LogP contribution in [0.4, 0.5) is 0 Å². The summed E-state index contributed by atoms with van der Waals surface area (Å²) in [6, 6.07) is 2.18. The van der Waals surface area contributed by atoms with Crippen LogP contribution in [0.3, 0.4) is 0 Å². The number of nitrogens with one attached hydrogen (secondary N) is 2. The average molecular weight is 290 g/mol. The highest BCUT2D eigenvalue weighted by molar-refractivity contribution is 5.80. The fourth-order valence-corrected chi connectivity index (χ4v) is 2.18. The molecule has 1 rings (SSSR count). The van der Waals surface area contributed by atoms with E-state index in [1.807, 2.05) is 12.2 Å². The van der Waals surface area contributed by atoms with Gasteiger partial charge in [-0.2, -0.15) is 5.26 Å². The molecule has 0 aromatic heterocycles. The van der Waals surface area contributed by atoms with Crippen LogP contribution in [0, 0.1) is 17.2 Å². The molecule has 2 N–H and O–H groups in total. The third-order valence-electron chi connectivity index (χ3n) is 3.56. The molecular formula is C16H26N4O. The molecule has 116 valence electrons. The van der Waals surface area contributed by atoms with Crippen LogP contribution in [-0.4, -0.2) is 43.5 Å². The van der Waals surface area contributed by atoms with Crippen molar-refractivity contribution in [1.82, 2.24) is 15.5 Å². The number of hydrogen-bond donors (Lipinski definition) is 2. The van der Waals surface area contributed by atoms with Crippen LogP contribution in [0.15, 0.2) is 23.9 Å². The number of hydrogen-bond acceptors (Lipinski definition) is 4. The second-order valence-electron chi connectivity index (χ2n) is 5.10. The lowest BCUT2D eigenvalue weighted by atomic mass is 10.0. The van der Waals surface area contributed by atoms with Gasteiger partial charge in [-0.3, -0.25) is 4.79 Å². The van der Waals surface area contributed by atoms with Gasteiger partial charge in [-0.25, -0.2) is 0 Å². The van der Waals surface area contributed by atoms with E-state index >= 15 is 0 Å². The second kappa shape index (κ2) is 10.1. The Morgan fingerprint density at radius 2 is 2.24 bits per heavy atom. The molecule has 0 bridgehead atoms. The van der Waals surface area contributed by atoms with E-state index in [9.17, 15) is 4.79 Å². The molecule has 1 unspecified atom stereocenters. The minimum absolute atomic E-state index is 0.0378. The smallest absolute Gasteiger partial charge is 0.238 e. The highest BCUT2D eigenvalue weighted by Gasteiger charge is 2.09. The van der Waals surface area contributed by atoms with Crippen molar-refractivity contribution in [3.05, 3.63) is 23.9 Å². The highest BCUT2D eigenvalue weighted by atomic mass is 16.1. The minimum atomic E-state index is -0.0659. The number of rotatable bonds is 9. The number of carbonyl (C=O) groups excluding carboxylic acids is 1. The van der Waals surface area contributed by atoms with Crippen LogP contribution < -0.4 is 10.6 Å². The lowest BCUT2D eigenvalue weighted by Crippen LogP contribution is -2.35. The Labute approximate surface area is 127 Å². The lowest BCUT2D eigenvalue weighted by Gasteiger charge is -2.17. The second-order valence-corrected chi connectivity index (χ2v) is 5.10. The maximum atomic E-state index is 11.7. The van der Waals surface area contributed by atoms with E-state index in [4.69, 9.17) is 5.26 Å². The Hall–Kier alpha value is -1.64. The van der Waals surface area contributed by atoms with E-state index < -0.39 is 0 Å². The third kappa shape index (κ3) is 7.07. The first kappa shape index (κ1) is 17.4. The van der Waals surface area contributed by atoms with Gasteiger partial charge in [0.25, 0.3) is 0 Å². The van der Waals surface area contributed by atoms with E-state index in [0.717, 1.165) is 38.3 Å². The fourth-order valence-electron chi connectivity index (χ4n) is 2.18. The fraction of sp³-hybridized carbons (Fsp3) is 0.625. The van der Waals surface area contributed by atoms with Gasteiger partial charge >= 0.3 is 0 Å². The molecule has 0 aliphatic heterocycles. The molecule has 1 amide bonds. The van der Waals surface area contributed by atoms with E-state index in [0.29, 0.717) is 13.0 Å². The zero-order valence-corrected chi connectivity index (χ0v) is 13.1. The summed E-state index contributed by atoms with van der Waals surface area (Å²) < 4.78 is 0. The third-order valence-corrected chi connectivity index (χ3v) is 3.56. The first-order valence-corrected chi connectivity index (χ1v) is 7.70. The van der Waals surface area contributed by atoms with Crippen LogP contribution in [0.5, 0.6) is 0 Å². The predicted molar refractivity (Wildman–Crippen MR) is 84.4 cm³/mol. The number of carbonyl (C=O) groups is 1. The summed E-state index contributed by atoms with van der Waals surface area (Å²) >= 11 is 0. The molecule has 1 aliphatic carbocycles. The maximum absolute atomic E-state index is 11.7. The Morgan fingerprint density at radius 3 is 2.81 bits per heavy atom. The van der Waals surface area contributed by atoms with Crippen LogP contribution in [-0.2, 0) is 4.79 Å². The summed E-state index contributed by atoms with van der Waals surface area (Å²) in [6.45, 7) is 8.69. The van der Waals surface area contributed by atoms with Gasteiger partial charge in [0.2, 0.25) is 5.91 Å². The van der Waals surface area contributed by atoms with Crippen molar-refractivity contribution in [1.29, 1.82) is 5.26 Å². The molecular weight excluding hydrogens is 264 g/mol. The number of amides is 1. The highest BCUT2D eigenvalue weighted by Crippen LogP contribution is 2.13. The minimum Gasteiger partial charge on any atom is -0.325 e. The van der Waals surface area contributed by atoms with Crippen LogP contribution in [0.2, 0.25) is 0 Å². The largest absolute Gasteiger partial charge is 0.325 e. The number of nitrogens with zero attached hydrogens (tertiary/aromatic N) is 2. The SMILES string of the molecule is CCN(CC)CCCNCC(=O)NC1=CCC(C#N)C=C1. The van der Waals surface area contributed by atoms with Crippen LogP contribution >= 0.6 is 0 Å². The molecule has 0 spiro atoms. The van der Waals surface area contributed by atoms with Crippen molar-refractivity contribution in [3.63, 3.8) is 0 Å². The van der Waals surface area contributed by atoms with E-state index in [1.165, 1.54) is 0 Å². The van der Waals surface area contributed by atoms with Crippen molar-refractivity contribution in [3.8, 4) is 6.07 Å². The van der Waals surface area contributed by atoms with Gasteiger partial charge in [0.05, 0.1) is 18.5 Å². The Kier molecular flexibility index (Phi) is 8.41. The van der Waals surface area contributed by atoms with Crippen molar-refractivity contribution in [2.45, 2.75) is 26.7 Å². The quantitative estimate of drug-likeness (QED) is 0.630. The number of nitriles is 1. The van der Waals surface area contributed by atoms with E-state index in [2.05, 4.69) is 35.5 Å². The summed E-state index contributed by atoms with van der Waals surface area (Å²) in [5.41, 5.74) is 0.788. The average Bonchev–Trinajstić information content (AvgIpc) is 2.51. The molecule has 1 atom stereocenters. The molecule has 0 heterocycles. The van der Waals surface area contributed by atoms with E-state index in [1.54, 1.807) is 6.08 Å². The van der Waals surface area contributed by atoms with Crippen LogP contribution in [0.25, 0.3) is 0 Å². The first-order valence-electron chi connectivity index (χ1n) is 7.70.